The minimum Gasteiger partial charge on any atom is -0.349 e. The van der Waals surface area contributed by atoms with Crippen LogP contribution in [0.25, 0.3) is 0 Å². The lowest BCUT2D eigenvalue weighted by Crippen LogP contribution is -2.39. The molecule has 2 aliphatic rings. The summed E-state index contributed by atoms with van der Waals surface area (Å²) in [6, 6.07) is 3.79. The predicted octanol–water partition coefficient (Wildman–Crippen LogP) is 3.26. The second kappa shape index (κ2) is 5.79. The van der Waals surface area contributed by atoms with Gasteiger partial charge in [-0.25, -0.2) is 0 Å². The van der Waals surface area contributed by atoms with Gasteiger partial charge < -0.3 is 10.6 Å². The van der Waals surface area contributed by atoms with Gasteiger partial charge >= 0.3 is 0 Å². The van der Waals surface area contributed by atoms with Gasteiger partial charge in [0.25, 0.3) is 5.91 Å². The molecule has 2 N–H and O–H groups in total. The number of hydrogen-bond donors (Lipinski definition) is 2. The molecule has 5 heteroatoms. The van der Waals surface area contributed by atoms with Gasteiger partial charge in [0.05, 0.1) is 9.88 Å². The molecule has 4 unspecified atom stereocenters. The average molecular weight is 306 g/mol. The zero-order chi connectivity index (χ0) is 15.0. The maximum atomic E-state index is 12.3. The molecule has 0 aliphatic heterocycles. The molecule has 21 heavy (non-hydrogen) atoms. The molecule has 2 fully saturated rings. The van der Waals surface area contributed by atoms with Crippen molar-refractivity contribution in [2.24, 2.45) is 17.8 Å². The number of rotatable bonds is 4. The number of thiophene rings is 1. The second-order valence-electron chi connectivity index (χ2n) is 6.45. The fourth-order valence-electron chi connectivity index (χ4n) is 3.99. The Labute approximate surface area is 129 Å². The number of hydrogen-bond acceptors (Lipinski definition) is 3. The zero-order valence-corrected chi connectivity index (χ0v) is 13.3. The van der Waals surface area contributed by atoms with Crippen LogP contribution in [0.15, 0.2) is 12.1 Å². The summed E-state index contributed by atoms with van der Waals surface area (Å²) >= 11 is 1.33. The van der Waals surface area contributed by atoms with E-state index in [-0.39, 0.29) is 17.9 Å². The van der Waals surface area contributed by atoms with Gasteiger partial charge in [0, 0.05) is 13.0 Å². The molecule has 2 amide bonds. The molecule has 1 heterocycles. The zero-order valence-electron chi connectivity index (χ0n) is 12.5. The van der Waals surface area contributed by atoms with Crippen LogP contribution in [0.1, 0.15) is 49.2 Å². The molecule has 2 aliphatic carbocycles. The first kappa shape index (κ1) is 14.6. The quantitative estimate of drug-likeness (QED) is 0.897. The summed E-state index contributed by atoms with van der Waals surface area (Å²) in [5.74, 6) is 2.21. The van der Waals surface area contributed by atoms with E-state index in [0.717, 1.165) is 16.8 Å². The number of nitrogens with one attached hydrogen (secondary N) is 2. The van der Waals surface area contributed by atoms with E-state index in [2.05, 4.69) is 17.6 Å². The Morgan fingerprint density at radius 3 is 2.71 bits per heavy atom. The first-order valence-corrected chi connectivity index (χ1v) is 8.53. The highest BCUT2D eigenvalue weighted by Gasteiger charge is 2.42. The number of anilines is 1. The van der Waals surface area contributed by atoms with E-state index in [1.54, 1.807) is 12.1 Å². The monoisotopic (exact) mass is 306 g/mol. The van der Waals surface area contributed by atoms with E-state index in [1.807, 2.05) is 0 Å². The molecule has 1 aromatic heterocycles. The van der Waals surface area contributed by atoms with Crippen molar-refractivity contribution in [3.05, 3.63) is 17.0 Å². The summed E-state index contributed by atoms with van der Waals surface area (Å²) < 4.78 is 0. The third-order valence-electron chi connectivity index (χ3n) is 4.92. The average Bonchev–Trinajstić information content (AvgIpc) is 3.12. The molecular formula is C16H22N2O2S. The lowest BCUT2D eigenvalue weighted by atomic mass is 9.84. The Morgan fingerprint density at radius 2 is 2.10 bits per heavy atom. The summed E-state index contributed by atoms with van der Waals surface area (Å²) in [5, 5.41) is 6.58. The summed E-state index contributed by atoms with van der Waals surface area (Å²) in [7, 11) is 0. The van der Waals surface area contributed by atoms with E-state index >= 15 is 0 Å². The third-order valence-corrected chi connectivity index (χ3v) is 5.92. The van der Waals surface area contributed by atoms with Crippen LogP contribution < -0.4 is 10.6 Å². The highest BCUT2D eigenvalue weighted by atomic mass is 32.1. The molecular weight excluding hydrogens is 284 g/mol. The van der Waals surface area contributed by atoms with Gasteiger partial charge in [-0.15, -0.1) is 11.3 Å². The molecule has 3 rings (SSSR count). The number of amides is 2. The van der Waals surface area contributed by atoms with Crippen LogP contribution in [0.3, 0.4) is 0 Å². The highest BCUT2D eigenvalue weighted by Crippen LogP contribution is 2.49. The molecule has 4 atom stereocenters. The smallest absolute Gasteiger partial charge is 0.261 e. The maximum Gasteiger partial charge on any atom is 0.261 e. The first-order chi connectivity index (χ1) is 10.0. The van der Waals surface area contributed by atoms with Crippen molar-refractivity contribution in [1.29, 1.82) is 0 Å². The van der Waals surface area contributed by atoms with Crippen LogP contribution in [-0.2, 0) is 4.79 Å². The Bertz CT molecular complexity index is 554. The van der Waals surface area contributed by atoms with Crippen LogP contribution in [0.2, 0.25) is 0 Å². The van der Waals surface area contributed by atoms with Crippen LogP contribution in [0, 0.1) is 17.8 Å². The normalized spacial score (nSPS) is 28.4. The van der Waals surface area contributed by atoms with Gasteiger partial charge in [-0.05, 0) is 56.1 Å². The molecule has 0 saturated heterocycles. The maximum absolute atomic E-state index is 12.3. The van der Waals surface area contributed by atoms with Gasteiger partial charge in [-0.3, -0.25) is 9.59 Å². The predicted molar refractivity (Wildman–Crippen MR) is 84.5 cm³/mol. The van der Waals surface area contributed by atoms with E-state index in [9.17, 15) is 9.59 Å². The fraction of sp³-hybridized carbons (Fsp3) is 0.625. The molecule has 2 bridgehead atoms. The molecule has 0 aromatic carbocycles. The van der Waals surface area contributed by atoms with Crippen LogP contribution in [0.4, 0.5) is 5.00 Å². The van der Waals surface area contributed by atoms with Crippen molar-refractivity contribution in [2.45, 2.75) is 45.6 Å². The first-order valence-electron chi connectivity index (χ1n) is 7.71. The van der Waals surface area contributed by atoms with Crippen LogP contribution in [-0.4, -0.2) is 17.9 Å². The minimum atomic E-state index is -0.112. The van der Waals surface area contributed by atoms with E-state index in [1.165, 1.54) is 43.9 Å². The van der Waals surface area contributed by atoms with Crippen LogP contribution in [0.5, 0.6) is 0 Å². The van der Waals surface area contributed by atoms with E-state index < -0.39 is 0 Å². The molecule has 4 nitrogen and oxygen atoms in total. The Hall–Kier alpha value is -1.36. The fourth-order valence-corrected chi connectivity index (χ4v) is 4.85. The van der Waals surface area contributed by atoms with Crippen molar-refractivity contribution < 1.29 is 9.59 Å². The van der Waals surface area contributed by atoms with Crippen LogP contribution >= 0.6 is 11.3 Å². The minimum absolute atomic E-state index is 0.0214. The Balaban J connectivity index is 1.58. The largest absolute Gasteiger partial charge is 0.349 e. The van der Waals surface area contributed by atoms with E-state index in [0.29, 0.717) is 10.8 Å². The van der Waals surface area contributed by atoms with E-state index in [4.69, 9.17) is 0 Å². The van der Waals surface area contributed by atoms with Gasteiger partial charge in [0.1, 0.15) is 0 Å². The summed E-state index contributed by atoms with van der Waals surface area (Å²) in [5.41, 5.74) is 0. The third kappa shape index (κ3) is 3.12. The van der Waals surface area contributed by atoms with Gasteiger partial charge in [-0.2, -0.15) is 0 Å². The molecule has 0 radical (unpaired) electrons. The van der Waals surface area contributed by atoms with Gasteiger partial charge in [0.2, 0.25) is 5.91 Å². The van der Waals surface area contributed by atoms with Crippen molar-refractivity contribution in [3.8, 4) is 0 Å². The molecule has 114 valence electrons. The van der Waals surface area contributed by atoms with Gasteiger partial charge in [-0.1, -0.05) is 6.42 Å². The van der Waals surface area contributed by atoms with Crippen molar-refractivity contribution in [3.63, 3.8) is 0 Å². The number of fused-ring (bicyclic) bond motifs is 2. The second-order valence-corrected chi connectivity index (χ2v) is 7.53. The summed E-state index contributed by atoms with van der Waals surface area (Å²) in [4.78, 5) is 24.0. The Morgan fingerprint density at radius 1 is 1.29 bits per heavy atom. The molecule has 0 spiro atoms. The summed E-state index contributed by atoms with van der Waals surface area (Å²) in [6.07, 6.45) is 5.35. The SMILES string of the molecule is CC(=O)Nc1ccc(C(=O)NC(C)C2CC3CCC2C3)s1. The lowest BCUT2D eigenvalue weighted by Gasteiger charge is -2.28. The van der Waals surface area contributed by atoms with Gasteiger partial charge in [0.15, 0.2) is 0 Å². The topological polar surface area (TPSA) is 58.2 Å². The van der Waals surface area contributed by atoms with Crippen molar-refractivity contribution >= 4 is 28.2 Å². The standard InChI is InChI=1S/C16H22N2O2S/c1-9(13-8-11-3-4-12(13)7-11)17-16(20)14-5-6-15(21-14)18-10(2)19/h5-6,9,11-13H,3-4,7-8H2,1-2H3,(H,17,20)(H,18,19). The van der Waals surface area contributed by atoms with Crippen molar-refractivity contribution in [2.75, 3.05) is 5.32 Å². The van der Waals surface area contributed by atoms with Crippen molar-refractivity contribution in [1.82, 2.24) is 5.32 Å². The Kier molecular flexibility index (Phi) is 4.02. The summed E-state index contributed by atoms with van der Waals surface area (Å²) in [6.45, 7) is 3.60. The number of carbonyl (C=O) groups excluding carboxylic acids is 2. The lowest BCUT2D eigenvalue weighted by molar-refractivity contribution is -0.114. The highest BCUT2D eigenvalue weighted by molar-refractivity contribution is 7.18. The molecule has 2 saturated carbocycles. The molecule has 1 aromatic rings. The number of carbonyl (C=O) groups is 2.